The molecule has 1 saturated heterocycles. The summed E-state index contributed by atoms with van der Waals surface area (Å²) in [5.41, 5.74) is 2.52. The van der Waals surface area contributed by atoms with Crippen LogP contribution in [0.1, 0.15) is 24.8 Å². The van der Waals surface area contributed by atoms with E-state index in [0.29, 0.717) is 11.7 Å². The van der Waals surface area contributed by atoms with Crippen molar-refractivity contribution in [2.24, 2.45) is 20.0 Å². The summed E-state index contributed by atoms with van der Waals surface area (Å²) in [5.74, 6) is 0.447. The third-order valence-corrected chi connectivity index (χ3v) is 9.11. The van der Waals surface area contributed by atoms with Gasteiger partial charge in [0.2, 0.25) is 0 Å². The normalized spacial score (nSPS) is 15.3. The largest absolute Gasteiger partial charge is 0.481 e. The number of hydrogen-bond donors (Lipinski definition) is 1. The minimum atomic E-state index is -0.820. The summed E-state index contributed by atoms with van der Waals surface area (Å²) in [6.07, 6.45) is 3.03. The molecule has 0 radical (unpaired) electrons. The number of fused-ring (bicyclic) bond motifs is 2. The highest BCUT2D eigenvalue weighted by Crippen LogP contribution is 2.48. The van der Waals surface area contributed by atoms with Crippen molar-refractivity contribution in [2.75, 3.05) is 49.6 Å². The molecule has 0 atom stereocenters. The Bertz CT molecular complexity index is 1510. The highest BCUT2D eigenvalue weighted by molar-refractivity contribution is 7.99. The predicted octanol–water partition coefficient (Wildman–Crippen LogP) is 3.55. The van der Waals surface area contributed by atoms with Crippen molar-refractivity contribution in [3.63, 3.8) is 0 Å². The van der Waals surface area contributed by atoms with E-state index in [1.165, 1.54) is 17.6 Å². The lowest BCUT2D eigenvalue weighted by atomic mass is 9.96. The molecular weight excluding hydrogens is 526 g/mol. The number of aromatic nitrogens is 2. The number of carboxylic acids is 1. The van der Waals surface area contributed by atoms with Crippen molar-refractivity contribution < 1.29 is 9.90 Å². The molecule has 2 aliphatic heterocycles. The van der Waals surface area contributed by atoms with Crippen molar-refractivity contribution >= 4 is 34.9 Å². The van der Waals surface area contributed by atoms with Gasteiger partial charge < -0.3 is 19.8 Å². The number of carboxylic acid groups (broad SMARTS) is 1. The molecule has 0 aliphatic carbocycles. The molecule has 0 saturated carbocycles. The van der Waals surface area contributed by atoms with E-state index in [2.05, 4.69) is 46.0 Å². The highest BCUT2D eigenvalue weighted by Gasteiger charge is 2.25. The average molecular weight is 564 g/mol. The van der Waals surface area contributed by atoms with Crippen molar-refractivity contribution in [1.29, 1.82) is 0 Å². The zero-order valence-electron chi connectivity index (χ0n) is 23.4. The highest BCUT2D eigenvalue weighted by atomic mass is 32.2. The van der Waals surface area contributed by atoms with Crippen LogP contribution in [-0.2, 0) is 25.3 Å². The monoisotopic (exact) mass is 563 g/mol. The van der Waals surface area contributed by atoms with Gasteiger partial charge in [0, 0.05) is 56.1 Å². The third-order valence-electron chi connectivity index (χ3n) is 7.98. The molecule has 0 amide bonds. The number of rotatable bonds is 9. The molecule has 0 spiro atoms. The van der Waals surface area contributed by atoms with Gasteiger partial charge in [0.05, 0.1) is 17.8 Å². The van der Waals surface area contributed by atoms with E-state index in [9.17, 15) is 19.5 Å². The predicted molar refractivity (Wildman–Crippen MR) is 159 cm³/mol. The van der Waals surface area contributed by atoms with Crippen LogP contribution in [0, 0.1) is 5.92 Å². The van der Waals surface area contributed by atoms with Gasteiger partial charge in [-0.2, -0.15) is 0 Å². The first-order chi connectivity index (χ1) is 19.2. The average Bonchev–Trinajstić information content (AvgIpc) is 2.94. The van der Waals surface area contributed by atoms with Crippen molar-refractivity contribution in [2.45, 2.75) is 35.5 Å². The van der Waals surface area contributed by atoms with Crippen LogP contribution in [0.4, 0.5) is 17.2 Å². The molecule has 9 nitrogen and oxygen atoms in total. The minimum Gasteiger partial charge on any atom is -0.481 e. The van der Waals surface area contributed by atoms with E-state index in [-0.39, 0.29) is 17.7 Å². The summed E-state index contributed by atoms with van der Waals surface area (Å²) >= 11 is 1.74. The lowest BCUT2D eigenvalue weighted by Gasteiger charge is -2.36. The molecule has 5 rings (SSSR count). The minimum absolute atomic E-state index is 0.0201. The molecular formula is C30H37N5O4S. The fourth-order valence-electron chi connectivity index (χ4n) is 5.80. The lowest BCUT2D eigenvalue weighted by Crippen LogP contribution is -2.44. The number of nitrogens with zero attached hydrogens (tertiary/aromatic N) is 5. The fourth-order valence-corrected chi connectivity index (χ4v) is 6.88. The molecule has 212 valence electrons. The van der Waals surface area contributed by atoms with Gasteiger partial charge in [-0.25, -0.2) is 4.79 Å². The number of benzene rings is 2. The van der Waals surface area contributed by atoms with Crippen LogP contribution < -0.4 is 21.0 Å². The van der Waals surface area contributed by atoms with E-state index < -0.39 is 5.97 Å². The third kappa shape index (κ3) is 5.97. The number of carbonyl (C=O) groups is 1. The molecule has 1 N–H and O–H groups in total. The summed E-state index contributed by atoms with van der Waals surface area (Å²) in [6, 6.07) is 16.0. The van der Waals surface area contributed by atoms with Gasteiger partial charge >= 0.3 is 11.7 Å². The molecule has 3 heterocycles. The topological polar surface area (TPSA) is 91.0 Å². The molecule has 0 unspecified atom stereocenters. The second-order valence-electron chi connectivity index (χ2n) is 10.9. The van der Waals surface area contributed by atoms with Gasteiger partial charge in [-0.3, -0.25) is 18.7 Å². The van der Waals surface area contributed by atoms with Crippen LogP contribution in [0.5, 0.6) is 0 Å². The van der Waals surface area contributed by atoms with E-state index in [4.69, 9.17) is 0 Å². The Morgan fingerprint density at radius 1 is 1.00 bits per heavy atom. The fraction of sp³-hybridized carbons (Fsp3) is 0.433. The Morgan fingerprint density at radius 2 is 1.73 bits per heavy atom. The van der Waals surface area contributed by atoms with Crippen LogP contribution >= 0.6 is 11.8 Å². The molecule has 1 fully saturated rings. The van der Waals surface area contributed by atoms with E-state index in [0.717, 1.165) is 72.7 Å². The van der Waals surface area contributed by atoms with Crippen molar-refractivity contribution in [1.82, 2.24) is 14.0 Å². The molecule has 2 aliphatic rings. The lowest BCUT2D eigenvalue weighted by molar-refractivity contribution is -0.136. The van der Waals surface area contributed by atoms with E-state index in [1.54, 1.807) is 29.4 Å². The quantitative estimate of drug-likeness (QED) is 0.423. The number of anilines is 3. The second-order valence-corrected chi connectivity index (χ2v) is 12.0. The molecule has 3 aromatic rings. The molecule has 1 aromatic heterocycles. The van der Waals surface area contributed by atoms with Crippen LogP contribution in [0.3, 0.4) is 0 Å². The maximum atomic E-state index is 12.3. The van der Waals surface area contributed by atoms with Gasteiger partial charge in [-0.1, -0.05) is 30.0 Å². The first-order valence-electron chi connectivity index (χ1n) is 13.8. The zero-order chi connectivity index (χ0) is 28.4. The van der Waals surface area contributed by atoms with Crippen LogP contribution in [0.25, 0.3) is 0 Å². The van der Waals surface area contributed by atoms with Gasteiger partial charge in [0.25, 0.3) is 5.56 Å². The smallest absolute Gasteiger partial charge is 0.332 e. The van der Waals surface area contributed by atoms with E-state index in [1.807, 2.05) is 18.2 Å². The Kier molecular flexibility index (Phi) is 8.37. The first-order valence-corrected chi connectivity index (χ1v) is 14.6. The Balaban J connectivity index is 1.18. The number of hydrogen-bond acceptors (Lipinski definition) is 7. The standard InChI is InChI=1S/C30H37N5O4S/c1-31(20-21-11-15-34(16-12-21)27-19-28(36)33(3)30(39)32(27)2)13-6-14-35-23-7-4-5-8-25(23)40-26-10-9-22(17-24(26)35)18-29(37)38/h4-5,7-10,17,19,21H,6,11-16,18,20H2,1-3H3,(H,37,38). The summed E-state index contributed by atoms with van der Waals surface area (Å²) in [7, 11) is 5.41. The summed E-state index contributed by atoms with van der Waals surface area (Å²) in [4.78, 5) is 45.1. The first kappa shape index (κ1) is 28.0. The number of para-hydroxylation sites is 1. The molecule has 40 heavy (non-hydrogen) atoms. The maximum absolute atomic E-state index is 12.3. The molecule has 10 heteroatoms. The van der Waals surface area contributed by atoms with Gasteiger partial charge in [-0.05, 0) is 68.6 Å². The van der Waals surface area contributed by atoms with Crippen LogP contribution in [-0.4, -0.2) is 64.9 Å². The SMILES string of the molecule is CN(CCCN1c2ccccc2Sc2ccc(CC(=O)O)cc21)CC1CCN(c2cc(=O)n(C)c(=O)n2C)CC1. The Hall–Kier alpha value is -3.50. The zero-order valence-corrected chi connectivity index (χ0v) is 24.2. The summed E-state index contributed by atoms with van der Waals surface area (Å²) < 4.78 is 2.70. The van der Waals surface area contributed by atoms with E-state index >= 15 is 0 Å². The summed E-state index contributed by atoms with van der Waals surface area (Å²) in [6.45, 7) is 4.47. The molecule has 0 bridgehead atoms. The Morgan fingerprint density at radius 3 is 2.48 bits per heavy atom. The van der Waals surface area contributed by atoms with Crippen molar-refractivity contribution in [3.05, 3.63) is 74.9 Å². The van der Waals surface area contributed by atoms with Gasteiger partial charge in [-0.15, -0.1) is 0 Å². The number of aliphatic carboxylic acids is 1. The summed E-state index contributed by atoms with van der Waals surface area (Å²) in [5, 5.41) is 9.29. The van der Waals surface area contributed by atoms with Gasteiger partial charge in [0.15, 0.2) is 0 Å². The van der Waals surface area contributed by atoms with Gasteiger partial charge in [0.1, 0.15) is 5.82 Å². The molecule has 2 aromatic carbocycles. The number of piperidine rings is 1. The second kappa shape index (κ2) is 11.9. The van der Waals surface area contributed by atoms with Crippen molar-refractivity contribution in [3.8, 4) is 0 Å². The van der Waals surface area contributed by atoms with Crippen LogP contribution in [0.2, 0.25) is 0 Å². The maximum Gasteiger partial charge on any atom is 0.332 e. The Labute approximate surface area is 238 Å². The van der Waals surface area contributed by atoms with Crippen LogP contribution in [0.15, 0.2) is 67.9 Å².